The van der Waals surface area contributed by atoms with Crippen LogP contribution in [0.25, 0.3) is 5.57 Å². The van der Waals surface area contributed by atoms with Crippen molar-refractivity contribution in [1.29, 1.82) is 0 Å². The van der Waals surface area contributed by atoms with Crippen molar-refractivity contribution in [3.8, 4) is 11.5 Å². The number of benzene rings is 1. The van der Waals surface area contributed by atoms with Gasteiger partial charge in [-0.25, -0.2) is 0 Å². The van der Waals surface area contributed by atoms with E-state index < -0.39 is 0 Å². The van der Waals surface area contributed by atoms with Crippen LogP contribution < -0.4 is 15.2 Å². The van der Waals surface area contributed by atoms with Crippen LogP contribution in [-0.4, -0.2) is 20.8 Å². The van der Waals surface area contributed by atoms with E-state index in [0.717, 1.165) is 34.6 Å². The molecule has 3 heteroatoms. The Morgan fingerprint density at radius 3 is 2.31 bits per heavy atom. The number of ether oxygens (including phenoxy) is 2. The number of hydrogen-bond acceptors (Lipinski definition) is 3. The lowest BCUT2D eigenvalue weighted by atomic mass is 10.0. The summed E-state index contributed by atoms with van der Waals surface area (Å²) in [6, 6.07) is 3.92. The molecule has 1 aromatic rings. The molecule has 0 spiro atoms. The highest BCUT2D eigenvalue weighted by atomic mass is 16.5. The van der Waals surface area contributed by atoms with Crippen LogP contribution in [0.2, 0.25) is 0 Å². The van der Waals surface area contributed by atoms with E-state index in [4.69, 9.17) is 15.2 Å². The summed E-state index contributed by atoms with van der Waals surface area (Å²) < 4.78 is 10.7. The van der Waals surface area contributed by atoms with Crippen LogP contribution in [0.4, 0.5) is 0 Å². The molecule has 3 nitrogen and oxygen atoms in total. The van der Waals surface area contributed by atoms with Crippen molar-refractivity contribution < 1.29 is 9.47 Å². The summed E-state index contributed by atoms with van der Waals surface area (Å²) in [6.45, 7) is 6.46. The third-order valence-corrected chi connectivity index (χ3v) is 2.48. The summed E-state index contributed by atoms with van der Waals surface area (Å²) in [7, 11) is 3.31. The number of rotatable bonds is 5. The second kappa shape index (κ2) is 5.56. The number of allylic oxidation sites excluding steroid dienone is 1. The molecule has 0 amide bonds. The van der Waals surface area contributed by atoms with Gasteiger partial charge in [0.05, 0.1) is 14.2 Å². The van der Waals surface area contributed by atoms with Crippen molar-refractivity contribution in [2.75, 3.05) is 20.8 Å². The SMILES string of the molecule is C=C(C)c1cc(OC)c(CCN)cc1OC. The third kappa shape index (κ3) is 2.55. The normalized spacial score (nSPS) is 10.0. The lowest BCUT2D eigenvalue weighted by Gasteiger charge is -2.14. The molecule has 0 heterocycles. The lowest BCUT2D eigenvalue weighted by Crippen LogP contribution is -2.05. The minimum Gasteiger partial charge on any atom is -0.496 e. The first-order valence-electron chi connectivity index (χ1n) is 5.24. The van der Waals surface area contributed by atoms with E-state index in [9.17, 15) is 0 Å². The first kappa shape index (κ1) is 12.6. The Balaban J connectivity index is 3.28. The molecule has 0 unspecified atom stereocenters. The van der Waals surface area contributed by atoms with Gasteiger partial charge in [-0.1, -0.05) is 6.58 Å². The van der Waals surface area contributed by atoms with Gasteiger partial charge in [0, 0.05) is 5.56 Å². The molecule has 0 aliphatic heterocycles. The van der Waals surface area contributed by atoms with Gasteiger partial charge in [-0.2, -0.15) is 0 Å². The van der Waals surface area contributed by atoms with E-state index in [-0.39, 0.29) is 0 Å². The van der Waals surface area contributed by atoms with Gasteiger partial charge in [-0.15, -0.1) is 0 Å². The lowest BCUT2D eigenvalue weighted by molar-refractivity contribution is 0.398. The van der Waals surface area contributed by atoms with Crippen LogP contribution in [-0.2, 0) is 6.42 Å². The zero-order chi connectivity index (χ0) is 12.1. The van der Waals surface area contributed by atoms with E-state index in [1.807, 2.05) is 19.1 Å². The highest BCUT2D eigenvalue weighted by Gasteiger charge is 2.10. The number of methoxy groups -OCH3 is 2. The fourth-order valence-electron chi connectivity index (χ4n) is 1.65. The van der Waals surface area contributed by atoms with Crippen molar-refractivity contribution in [2.24, 2.45) is 5.73 Å². The summed E-state index contributed by atoms with van der Waals surface area (Å²) in [4.78, 5) is 0. The smallest absolute Gasteiger partial charge is 0.126 e. The van der Waals surface area contributed by atoms with Gasteiger partial charge in [-0.3, -0.25) is 0 Å². The van der Waals surface area contributed by atoms with Crippen LogP contribution in [0.5, 0.6) is 11.5 Å². The molecular weight excluding hydrogens is 202 g/mol. The largest absolute Gasteiger partial charge is 0.496 e. The molecule has 1 aromatic carbocycles. The molecule has 0 aliphatic carbocycles. The van der Waals surface area contributed by atoms with Crippen LogP contribution in [0.3, 0.4) is 0 Å². The predicted molar refractivity (Wildman–Crippen MR) is 67.0 cm³/mol. The maximum Gasteiger partial charge on any atom is 0.126 e. The van der Waals surface area contributed by atoms with Gasteiger partial charge in [0.15, 0.2) is 0 Å². The van der Waals surface area contributed by atoms with Crippen molar-refractivity contribution in [2.45, 2.75) is 13.3 Å². The number of hydrogen-bond donors (Lipinski definition) is 1. The topological polar surface area (TPSA) is 44.5 Å². The molecule has 2 N–H and O–H groups in total. The van der Waals surface area contributed by atoms with Gasteiger partial charge >= 0.3 is 0 Å². The predicted octanol–water partition coefficient (Wildman–Crippen LogP) is 2.24. The Hall–Kier alpha value is -1.48. The molecule has 16 heavy (non-hydrogen) atoms. The average Bonchev–Trinajstić information content (AvgIpc) is 2.28. The van der Waals surface area contributed by atoms with Crippen LogP contribution in [0.15, 0.2) is 18.7 Å². The molecule has 88 valence electrons. The van der Waals surface area contributed by atoms with Crippen LogP contribution in [0.1, 0.15) is 18.1 Å². The van der Waals surface area contributed by atoms with Gasteiger partial charge in [0.2, 0.25) is 0 Å². The zero-order valence-electron chi connectivity index (χ0n) is 10.2. The van der Waals surface area contributed by atoms with Gasteiger partial charge in [0.25, 0.3) is 0 Å². The first-order valence-corrected chi connectivity index (χ1v) is 5.24. The van der Waals surface area contributed by atoms with Gasteiger partial charge in [-0.05, 0) is 43.2 Å². The first-order chi connectivity index (χ1) is 7.63. The Labute approximate surface area is 96.9 Å². The summed E-state index contributed by atoms with van der Waals surface area (Å²) in [6.07, 6.45) is 0.774. The quantitative estimate of drug-likeness (QED) is 0.829. The second-order valence-electron chi connectivity index (χ2n) is 3.68. The van der Waals surface area contributed by atoms with Gasteiger partial charge in [0.1, 0.15) is 11.5 Å². The highest BCUT2D eigenvalue weighted by Crippen LogP contribution is 2.32. The monoisotopic (exact) mass is 221 g/mol. The van der Waals surface area contributed by atoms with Crippen molar-refractivity contribution in [3.63, 3.8) is 0 Å². The highest BCUT2D eigenvalue weighted by molar-refractivity contribution is 5.69. The molecule has 0 fully saturated rings. The Morgan fingerprint density at radius 1 is 1.25 bits per heavy atom. The molecular formula is C13H19NO2. The van der Waals surface area contributed by atoms with Crippen molar-refractivity contribution >= 4 is 5.57 Å². The summed E-state index contributed by atoms with van der Waals surface area (Å²) in [5, 5.41) is 0. The molecule has 0 saturated carbocycles. The van der Waals surface area contributed by atoms with Crippen molar-refractivity contribution in [3.05, 3.63) is 29.8 Å². The summed E-state index contributed by atoms with van der Waals surface area (Å²) in [5.74, 6) is 1.65. The number of nitrogens with two attached hydrogens (primary N) is 1. The van der Waals surface area contributed by atoms with E-state index in [1.165, 1.54) is 0 Å². The Bertz CT molecular complexity index is 386. The Kier molecular flexibility index (Phi) is 4.38. The van der Waals surface area contributed by atoms with Gasteiger partial charge < -0.3 is 15.2 Å². The van der Waals surface area contributed by atoms with Crippen LogP contribution in [0, 0.1) is 0 Å². The fourth-order valence-corrected chi connectivity index (χ4v) is 1.65. The molecule has 0 radical (unpaired) electrons. The maximum atomic E-state index is 5.56. The summed E-state index contributed by atoms with van der Waals surface area (Å²) in [5.41, 5.74) is 8.55. The average molecular weight is 221 g/mol. The molecule has 0 saturated heterocycles. The standard InChI is InChI=1S/C13H19NO2/c1-9(2)11-8-12(15-3)10(5-6-14)7-13(11)16-4/h7-8H,1,5-6,14H2,2-4H3. The third-order valence-electron chi connectivity index (χ3n) is 2.48. The van der Waals surface area contributed by atoms with Crippen LogP contribution >= 0.6 is 0 Å². The molecule has 0 aromatic heterocycles. The molecule has 1 rings (SSSR count). The van der Waals surface area contributed by atoms with E-state index in [1.54, 1.807) is 14.2 Å². The molecule has 0 atom stereocenters. The zero-order valence-corrected chi connectivity index (χ0v) is 10.2. The van der Waals surface area contributed by atoms with Crippen molar-refractivity contribution in [1.82, 2.24) is 0 Å². The fraction of sp³-hybridized carbons (Fsp3) is 0.385. The second-order valence-corrected chi connectivity index (χ2v) is 3.68. The van der Waals surface area contributed by atoms with E-state index >= 15 is 0 Å². The minimum absolute atomic E-state index is 0.589. The summed E-state index contributed by atoms with van der Waals surface area (Å²) >= 11 is 0. The molecule has 0 aliphatic rings. The molecule has 0 bridgehead atoms. The van der Waals surface area contributed by atoms with E-state index in [2.05, 4.69) is 6.58 Å². The van der Waals surface area contributed by atoms with E-state index in [0.29, 0.717) is 6.54 Å². The minimum atomic E-state index is 0.589. The Morgan fingerprint density at radius 2 is 1.88 bits per heavy atom. The maximum absolute atomic E-state index is 5.56.